The first-order valence-corrected chi connectivity index (χ1v) is 6.92. The maximum atomic E-state index is 5.94. The predicted octanol–water partition coefficient (Wildman–Crippen LogP) is 4.09. The third kappa shape index (κ3) is 4.48. The highest BCUT2D eigenvalue weighted by molar-refractivity contribution is 5.66. The molecule has 2 rings (SSSR count). The largest absolute Gasteiger partial charge is 0.472 e. The van der Waals surface area contributed by atoms with Crippen molar-refractivity contribution in [2.24, 2.45) is 0 Å². The fraction of sp³-hybridized carbons (Fsp3) is 0.500. The van der Waals surface area contributed by atoms with Gasteiger partial charge in [0.1, 0.15) is 11.2 Å². The Morgan fingerprint density at radius 1 is 1.00 bits per heavy atom. The Balaban J connectivity index is 2.41. The highest BCUT2D eigenvalue weighted by atomic mass is 16.5. The van der Waals surface area contributed by atoms with Crippen molar-refractivity contribution in [3.05, 3.63) is 24.8 Å². The van der Waals surface area contributed by atoms with Gasteiger partial charge in [-0.05, 0) is 47.6 Å². The molecule has 0 bridgehead atoms. The minimum atomic E-state index is -0.369. The van der Waals surface area contributed by atoms with Crippen LogP contribution in [0.4, 0.5) is 0 Å². The van der Waals surface area contributed by atoms with Crippen molar-refractivity contribution in [3.63, 3.8) is 0 Å². The molecule has 5 heteroatoms. The van der Waals surface area contributed by atoms with Gasteiger partial charge >= 0.3 is 6.01 Å². The molecule has 114 valence electrons. The van der Waals surface area contributed by atoms with E-state index in [2.05, 4.69) is 9.97 Å². The zero-order valence-corrected chi connectivity index (χ0v) is 13.4. The summed E-state index contributed by atoms with van der Waals surface area (Å²) in [6.45, 7) is 11.8. The molecular weight excluding hydrogens is 268 g/mol. The van der Waals surface area contributed by atoms with Gasteiger partial charge in [-0.2, -0.15) is 4.98 Å². The summed E-state index contributed by atoms with van der Waals surface area (Å²) in [6, 6.07) is 2.15. The van der Waals surface area contributed by atoms with Gasteiger partial charge in [0, 0.05) is 11.8 Å². The maximum absolute atomic E-state index is 5.94. The van der Waals surface area contributed by atoms with Crippen LogP contribution in [-0.4, -0.2) is 21.2 Å². The van der Waals surface area contributed by atoms with E-state index in [0.717, 1.165) is 11.1 Å². The van der Waals surface area contributed by atoms with Gasteiger partial charge in [-0.15, -0.1) is 0 Å². The van der Waals surface area contributed by atoms with Crippen LogP contribution in [-0.2, 0) is 0 Å². The van der Waals surface area contributed by atoms with Gasteiger partial charge in [0.05, 0.1) is 18.1 Å². The Kier molecular flexibility index (Phi) is 3.94. The van der Waals surface area contributed by atoms with E-state index in [4.69, 9.17) is 13.9 Å². The van der Waals surface area contributed by atoms with Crippen LogP contribution in [0.1, 0.15) is 41.5 Å². The minimum Gasteiger partial charge on any atom is -0.472 e. The molecular formula is C16H22N2O3. The standard InChI is InChI=1S/C16H22N2O3/c1-15(2,3)20-13-12(11-7-8-19-10-11)9-17-14(18-13)21-16(4,5)6/h7-10H,1-6H3. The third-order valence-corrected chi connectivity index (χ3v) is 2.36. The van der Waals surface area contributed by atoms with Crippen molar-refractivity contribution in [1.82, 2.24) is 9.97 Å². The SMILES string of the molecule is CC(C)(C)Oc1ncc(-c2ccoc2)c(OC(C)(C)C)n1. The average Bonchev–Trinajstić information content (AvgIpc) is 2.78. The zero-order chi connectivity index (χ0) is 15.7. The number of aromatic nitrogens is 2. The summed E-state index contributed by atoms with van der Waals surface area (Å²) in [4.78, 5) is 8.66. The Bertz CT molecular complexity index is 593. The predicted molar refractivity (Wildman–Crippen MR) is 80.5 cm³/mol. The van der Waals surface area contributed by atoms with E-state index >= 15 is 0 Å². The van der Waals surface area contributed by atoms with Crippen LogP contribution < -0.4 is 9.47 Å². The quantitative estimate of drug-likeness (QED) is 0.852. The lowest BCUT2D eigenvalue weighted by Gasteiger charge is -2.23. The number of nitrogens with zero attached hydrogens (tertiary/aromatic N) is 2. The van der Waals surface area contributed by atoms with Crippen molar-refractivity contribution >= 4 is 0 Å². The zero-order valence-electron chi connectivity index (χ0n) is 13.4. The molecule has 2 heterocycles. The topological polar surface area (TPSA) is 57.4 Å². The normalized spacial score (nSPS) is 12.3. The van der Waals surface area contributed by atoms with Crippen LogP contribution in [0.2, 0.25) is 0 Å². The molecule has 0 fully saturated rings. The summed E-state index contributed by atoms with van der Waals surface area (Å²) < 4.78 is 16.8. The molecule has 0 aromatic carbocycles. The number of ether oxygens (including phenoxy) is 2. The molecule has 0 aliphatic carbocycles. The average molecular weight is 290 g/mol. The Hall–Kier alpha value is -2.04. The van der Waals surface area contributed by atoms with Crippen molar-refractivity contribution in [2.45, 2.75) is 52.7 Å². The van der Waals surface area contributed by atoms with Gasteiger partial charge in [0.2, 0.25) is 5.88 Å². The van der Waals surface area contributed by atoms with Crippen LogP contribution in [0.25, 0.3) is 11.1 Å². The number of rotatable bonds is 3. The van der Waals surface area contributed by atoms with E-state index in [1.165, 1.54) is 0 Å². The van der Waals surface area contributed by atoms with Crippen LogP contribution in [0, 0.1) is 0 Å². The van der Waals surface area contributed by atoms with E-state index in [1.807, 2.05) is 47.6 Å². The number of hydrogen-bond donors (Lipinski definition) is 0. The molecule has 2 aromatic rings. The van der Waals surface area contributed by atoms with Gasteiger partial charge in [-0.1, -0.05) is 0 Å². The highest BCUT2D eigenvalue weighted by Gasteiger charge is 2.21. The summed E-state index contributed by atoms with van der Waals surface area (Å²) in [5.74, 6) is 0.484. The summed E-state index contributed by atoms with van der Waals surface area (Å²) in [5.41, 5.74) is 0.915. The molecule has 0 amide bonds. The Morgan fingerprint density at radius 3 is 2.19 bits per heavy atom. The van der Waals surface area contributed by atoms with Crippen LogP contribution in [0.15, 0.2) is 29.2 Å². The minimum absolute atomic E-state index is 0.300. The second-order valence-electron chi connectivity index (χ2n) is 6.81. The van der Waals surface area contributed by atoms with Gasteiger partial charge < -0.3 is 13.9 Å². The maximum Gasteiger partial charge on any atom is 0.320 e. The van der Waals surface area contributed by atoms with E-state index in [1.54, 1.807) is 18.7 Å². The van der Waals surface area contributed by atoms with Crippen molar-refractivity contribution < 1.29 is 13.9 Å². The van der Waals surface area contributed by atoms with E-state index < -0.39 is 0 Å². The lowest BCUT2D eigenvalue weighted by atomic mass is 10.1. The molecule has 21 heavy (non-hydrogen) atoms. The Labute approximate surface area is 125 Å². The summed E-state index contributed by atoms with van der Waals surface area (Å²) in [7, 11) is 0. The number of hydrogen-bond acceptors (Lipinski definition) is 5. The molecule has 0 aliphatic heterocycles. The number of furan rings is 1. The second-order valence-corrected chi connectivity index (χ2v) is 6.81. The first-order valence-electron chi connectivity index (χ1n) is 6.92. The third-order valence-electron chi connectivity index (χ3n) is 2.36. The first-order chi connectivity index (χ1) is 9.64. The summed E-state index contributed by atoms with van der Waals surface area (Å²) in [5, 5.41) is 0. The lowest BCUT2D eigenvalue weighted by molar-refractivity contribution is 0.103. The first kappa shape index (κ1) is 15.4. The Morgan fingerprint density at radius 2 is 1.67 bits per heavy atom. The molecule has 0 unspecified atom stereocenters. The molecule has 0 atom stereocenters. The highest BCUT2D eigenvalue weighted by Crippen LogP contribution is 2.32. The monoisotopic (exact) mass is 290 g/mol. The van der Waals surface area contributed by atoms with Gasteiger partial charge in [0.15, 0.2) is 0 Å². The molecule has 0 N–H and O–H groups in total. The van der Waals surface area contributed by atoms with Crippen molar-refractivity contribution in [2.75, 3.05) is 0 Å². The van der Waals surface area contributed by atoms with E-state index in [0.29, 0.717) is 11.9 Å². The molecule has 2 aromatic heterocycles. The van der Waals surface area contributed by atoms with Gasteiger partial charge in [-0.25, -0.2) is 4.98 Å². The molecule has 0 spiro atoms. The fourth-order valence-electron chi connectivity index (χ4n) is 1.66. The lowest BCUT2D eigenvalue weighted by Crippen LogP contribution is -2.26. The van der Waals surface area contributed by atoms with Crippen LogP contribution in [0.3, 0.4) is 0 Å². The summed E-state index contributed by atoms with van der Waals surface area (Å²) >= 11 is 0. The van der Waals surface area contributed by atoms with Gasteiger partial charge in [0.25, 0.3) is 0 Å². The van der Waals surface area contributed by atoms with E-state index in [9.17, 15) is 0 Å². The molecule has 0 aliphatic rings. The van der Waals surface area contributed by atoms with Crippen LogP contribution >= 0.6 is 0 Å². The fourth-order valence-corrected chi connectivity index (χ4v) is 1.66. The molecule has 5 nitrogen and oxygen atoms in total. The van der Waals surface area contributed by atoms with Gasteiger partial charge in [-0.3, -0.25) is 0 Å². The molecule has 0 saturated heterocycles. The van der Waals surface area contributed by atoms with Crippen LogP contribution in [0.5, 0.6) is 11.9 Å². The van der Waals surface area contributed by atoms with Crippen molar-refractivity contribution in [1.29, 1.82) is 0 Å². The van der Waals surface area contributed by atoms with Crippen molar-refractivity contribution in [3.8, 4) is 23.0 Å². The smallest absolute Gasteiger partial charge is 0.320 e. The second kappa shape index (κ2) is 5.39. The molecule has 0 saturated carbocycles. The van der Waals surface area contributed by atoms with E-state index in [-0.39, 0.29) is 11.2 Å². The molecule has 0 radical (unpaired) electrons. The summed E-state index contributed by atoms with van der Waals surface area (Å²) in [6.07, 6.45) is 4.94.